The van der Waals surface area contributed by atoms with Crippen LogP contribution in [-0.4, -0.2) is 69.9 Å². The highest BCUT2D eigenvalue weighted by Crippen LogP contribution is 2.08. The van der Waals surface area contributed by atoms with Crippen molar-refractivity contribution in [3.63, 3.8) is 0 Å². The average Bonchev–Trinajstić information content (AvgIpc) is 2.25. The van der Waals surface area contributed by atoms with Gasteiger partial charge >= 0.3 is 0 Å². The largest absolute Gasteiger partial charge is 0.390 e. The highest BCUT2D eigenvalue weighted by atomic mass is 16.4. The molecule has 4 unspecified atom stereocenters. The van der Waals surface area contributed by atoms with Crippen LogP contribution in [0.1, 0.15) is 20.3 Å². The summed E-state index contributed by atoms with van der Waals surface area (Å²) < 4.78 is 0. The van der Waals surface area contributed by atoms with Crippen molar-refractivity contribution >= 4 is 0 Å². The zero-order chi connectivity index (χ0) is 12.0. The molecule has 0 spiro atoms. The molecule has 0 aliphatic heterocycles. The first kappa shape index (κ1) is 14.8. The lowest BCUT2D eigenvalue weighted by Crippen LogP contribution is -2.48. The zero-order valence-corrected chi connectivity index (χ0v) is 9.67. The molecule has 0 radical (unpaired) electrons. The van der Waals surface area contributed by atoms with Gasteiger partial charge in [0.25, 0.3) is 0 Å². The number of aliphatic hydroxyl groups is 4. The van der Waals surface area contributed by atoms with Crippen LogP contribution in [-0.2, 0) is 0 Å². The van der Waals surface area contributed by atoms with Crippen LogP contribution < -0.4 is 0 Å². The van der Waals surface area contributed by atoms with Crippen LogP contribution in [0.25, 0.3) is 0 Å². The highest BCUT2D eigenvalue weighted by molar-refractivity contribution is 4.81. The molecule has 0 saturated heterocycles. The Kier molecular flexibility index (Phi) is 7.04. The molecule has 0 fully saturated rings. The zero-order valence-electron chi connectivity index (χ0n) is 9.67. The van der Waals surface area contributed by atoms with E-state index in [2.05, 4.69) is 0 Å². The van der Waals surface area contributed by atoms with Gasteiger partial charge in [-0.25, -0.2) is 0 Å². The third-order valence-electron chi connectivity index (χ3n) is 2.60. The van der Waals surface area contributed by atoms with Gasteiger partial charge in [-0.2, -0.15) is 0 Å². The first-order valence-corrected chi connectivity index (χ1v) is 5.34. The molecule has 0 aliphatic carbocycles. The molecular weight excluding hydrogens is 198 g/mol. The first-order chi connectivity index (χ1) is 6.93. The Labute approximate surface area is 91.0 Å². The van der Waals surface area contributed by atoms with Crippen LogP contribution in [0.4, 0.5) is 0 Å². The Hall–Kier alpha value is -0.200. The second-order valence-corrected chi connectivity index (χ2v) is 3.88. The van der Waals surface area contributed by atoms with Crippen molar-refractivity contribution in [2.75, 3.05) is 20.1 Å². The van der Waals surface area contributed by atoms with E-state index in [0.717, 1.165) is 6.54 Å². The molecule has 0 saturated carbocycles. The van der Waals surface area contributed by atoms with E-state index in [4.69, 9.17) is 0 Å². The number of nitrogens with zero attached hydrogens (tertiary/aromatic N) is 1. The molecule has 0 heterocycles. The van der Waals surface area contributed by atoms with E-state index in [9.17, 15) is 20.4 Å². The SMILES string of the molecule is CCC(O)C(O)C(O)C(O)CN(C)CC. The van der Waals surface area contributed by atoms with Crippen molar-refractivity contribution in [3.8, 4) is 0 Å². The number of likely N-dealkylation sites (N-methyl/N-ethyl adjacent to an activating group) is 1. The number of rotatable bonds is 7. The standard InChI is InChI=1S/C10H23NO4/c1-4-7(12)9(14)10(15)8(13)6-11(3)5-2/h7-10,12-15H,4-6H2,1-3H3. The van der Waals surface area contributed by atoms with Gasteiger partial charge in [0.1, 0.15) is 12.2 Å². The molecule has 0 aromatic carbocycles. The summed E-state index contributed by atoms with van der Waals surface area (Å²) in [7, 11) is 1.80. The summed E-state index contributed by atoms with van der Waals surface area (Å²) in [6.07, 6.45) is -4.31. The minimum absolute atomic E-state index is 0.269. The molecule has 4 N–H and O–H groups in total. The normalized spacial score (nSPS) is 20.0. The average molecular weight is 221 g/mol. The van der Waals surface area contributed by atoms with Gasteiger partial charge in [-0.1, -0.05) is 13.8 Å². The fourth-order valence-electron chi connectivity index (χ4n) is 1.25. The molecule has 0 amide bonds. The summed E-state index contributed by atoms with van der Waals surface area (Å²) in [4.78, 5) is 1.82. The van der Waals surface area contributed by atoms with E-state index in [-0.39, 0.29) is 6.54 Å². The molecule has 0 aromatic rings. The minimum Gasteiger partial charge on any atom is -0.390 e. The van der Waals surface area contributed by atoms with Crippen molar-refractivity contribution in [1.82, 2.24) is 4.90 Å². The monoisotopic (exact) mass is 221 g/mol. The second kappa shape index (κ2) is 7.14. The van der Waals surface area contributed by atoms with Crippen LogP contribution in [0.2, 0.25) is 0 Å². The molecule has 0 aromatic heterocycles. The maximum atomic E-state index is 9.57. The topological polar surface area (TPSA) is 84.2 Å². The summed E-state index contributed by atoms with van der Waals surface area (Å²) in [5.74, 6) is 0. The molecule has 4 atom stereocenters. The van der Waals surface area contributed by atoms with Gasteiger partial charge in [-0.05, 0) is 20.0 Å². The lowest BCUT2D eigenvalue weighted by atomic mass is 10.0. The maximum Gasteiger partial charge on any atom is 0.109 e. The maximum absolute atomic E-state index is 9.57. The number of hydrogen-bond acceptors (Lipinski definition) is 5. The summed E-state index contributed by atoms with van der Waals surface area (Å²) in [5, 5.41) is 37.9. The summed E-state index contributed by atoms with van der Waals surface area (Å²) in [5.41, 5.74) is 0. The quantitative estimate of drug-likeness (QED) is 0.433. The smallest absolute Gasteiger partial charge is 0.109 e. The molecular formula is C10H23NO4. The fourth-order valence-corrected chi connectivity index (χ4v) is 1.25. The Morgan fingerprint density at radius 3 is 1.80 bits per heavy atom. The van der Waals surface area contributed by atoms with E-state index < -0.39 is 24.4 Å². The predicted molar refractivity (Wildman–Crippen MR) is 57.5 cm³/mol. The Morgan fingerprint density at radius 2 is 1.40 bits per heavy atom. The van der Waals surface area contributed by atoms with E-state index in [0.29, 0.717) is 6.42 Å². The van der Waals surface area contributed by atoms with Gasteiger partial charge in [0.2, 0.25) is 0 Å². The second-order valence-electron chi connectivity index (χ2n) is 3.88. The highest BCUT2D eigenvalue weighted by Gasteiger charge is 2.29. The van der Waals surface area contributed by atoms with Crippen LogP contribution >= 0.6 is 0 Å². The van der Waals surface area contributed by atoms with Crippen LogP contribution in [0.3, 0.4) is 0 Å². The predicted octanol–water partition coefficient (Wildman–Crippen LogP) is -1.21. The molecule has 0 rings (SSSR count). The molecule has 92 valence electrons. The molecule has 0 aliphatic rings. The fraction of sp³-hybridized carbons (Fsp3) is 1.00. The lowest BCUT2D eigenvalue weighted by molar-refractivity contribution is -0.109. The Bertz CT molecular complexity index is 168. The van der Waals surface area contributed by atoms with Gasteiger partial charge in [-0.15, -0.1) is 0 Å². The molecule has 15 heavy (non-hydrogen) atoms. The van der Waals surface area contributed by atoms with Gasteiger partial charge in [-0.3, -0.25) is 0 Å². The van der Waals surface area contributed by atoms with Crippen LogP contribution in [0, 0.1) is 0 Å². The van der Waals surface area contributed by atoms with Crippen LogP contribution in [0.5, 0.6) is 0 Å². The van der Waals surface area contributed by atoms with Crippen molar-refractivity contribution in [3.05, 3.63) is 0 Å². The summed E-state index contributed by atoms with van der Waals surface area (Å²) in [6.45, 7) is 4.64. The van der Waals surface area contributed by atoms with Gasteiger partial charge in [0.15, 0.2) is 0 Å². The van der Waals surface area contributed by atoms with Gasteiger partial charge in [0, 0.05) is 6.54 Å². The van der Waals surface area contributed by atoms with Gasteiger partial charge in [0.05, 0.1) is 12.2 Å². The van der Waals surface area contributed by atoms with Crippen molar-refractivity contribution in [2.45, 2.75) is 44.7 Å². The number of hydrogen-bond donors (Lipinski definition) is 4. The van der Waals surface area contributed by atoms with E-state index in [1.807, 2.05) is 11.8 Å². The lowest BCUT2D eigenvalue weighted by Gasteiger charge is -2.28. The number of aliphatic hydroxyl groups excluding tert-OH is 4. The summed E-state index contributed by atoms with van der Waals surface area (Å²) >= 11 is 0. The van der Waals surface area contributed by atoms with Crippen molar-refractivity contribution in [1.29, 1.82) is 0 Å². The summed E-state index contributed by atoms with van der Waals surface area (Å²) in [6, 6.07) is 0. The van der Waals surface area contributed by atoms with E-state index in [1.165, 1.54) is 0 Å². The Morgan fingerprint density at radius 1 is 0.933 bits per heavy atom. The third-order valence-corrected chi connectivity index (χ3v) is 2.60. The molecule has 0 bridgehead atoms. The van der Waals surface area contributed by atoms with E-state index in [1.54, 1.807) is 14.0 Å². The van der Waals surface area contributed by atoms with E-state index >= 15 is 0 Å². The molecule has 5 nitrogen and oxygen atoms in total. The first-order valence-electron chi connectivity index (χ1n) is 5.34. The van der Waals surface area contributed by atoms with Crippen molar-refractivity contribution in [2.24, 2.45) is 0 Å². The Balaban J connectivity index is 4.12. The van der Waals surface area contributed by atoms with Crippen LogP contribution in [0.15, 0.2) is 0 Å². The van der Waals surface area contributed by atoms with Gasteiger partial charge < -0.3 is 25.3 Å². The van der Waals surface area contributed by atoms with Crippen molar-refractivity contribution < 1.29 is 20.4 Å². The molecule has 5 heteroatoms. The third kappa shape index (κ3) is 4.90. The minimum atomic E-state index is -1.31.